The number of carbonyl (C=O) groups is 1. The smallest absolute Gasteiger partial charge is 0.341 e. The fourth-order valence-electron chi connectivity index (χ4n) is 2.91. The first-order valence-corrected chi connectivity index (χ1v) is 9.02. The molecular weight excluding hydrogens is 340 g/mol. The van der Waals surface area contributed by atoms with Gasteiger partial charge >= 0.3 is 5.97 Å². The van der Waals surface area contributed by atoms with Crippen LogP contribution >= 0.6 is 11.3 Å². The predicted molar refractivity (Wildman–Crippen MR) is 97.3 cm³/mol. The lowest BCUT2D eigenvalue weighted by Gasteiger charge is -2.11. The number of rotatable bonds is 5. The van der Waals surface area contributed by atoms with Gasteiger partial charge in [-0.15, -0.1) is 11.3 Å². The van der Waals surface area contributed by atoms with Gasteiger partial charge in [-0.3, -0.25) is 10.1 Å². The molecule has 130 valence electrons. The molecule has 0 saturated heterocycles. The summed E-state index contributed by atoms with van der Waals surface area (Å²) in [6, 6.07) is 6.26. The molecule has 2 aromatic rings. The van der Waals surface area contributed by atoms with Gasteiger partial charge in [0.2, 0.25) is 0 Å². The number of hydrogen-bond donors (Lipinski definition) is 0. The monoisotopic (exact) mass is 358 g/mol. The van der Waals surface area contributed by atoms with Gasteiger partial charge in [-0.2, -0.15) is 0 Å². The molecule has 1 aromatic heterocycles. The highest BCUT2D eigenvalue weighted by Gasteiger charge is 2.26. The van der Waals surface area contributed by atoms with E-state index in [0.717, 1.165) is 31.2 Å². The number of hydrogen-bond acceptors (Lipinski definition) is 6. The van der Waals surface area contributed by atoms with Crippen molar-refractivity contribution in [2.45, 2.75) is 32.6 Å². The van der Waals surface area contributed by atoms with Gasteiger partial charge < -0.3 is 4.74 Å². The topological polar surface area (TPSA) is 81.8 Å². The first-order valence-electron chi connectivity index (χ1n) is 8.20. The summed E-state index contributed by atoms with van der Waals surface area (Å²) in [5.41, 5.74) is 2.25. The van der Waals surface area contributed by atoms with Crippen LogP contribution in [0.2, 0.25) is 0 Å². The Labute approximate surface area is 149 Å². The van der Waals surface area contributed by atoms with Crippen LogP contribution in [0.15, 0.2) is 29.3 Å². The lowest BCUT2D eigenvalue weighted by molar-refractivity contribution is -0.384. The maximum Gasteiger partial charge on any atom is 0.341 e. The molecule has 0 N–H and O–H groups in total. The van der Waals surface area contributed by atoms with Crippen molar-refractivity contribution in [1.82, 2.24) is 0 Å². The summed E-state index contributed by atoms with van der Waals surface area (Å²) in [5, 5.41) is 11.5. The Kier molecular flexibility index (Phi) is 5.23. The van der Waals surface area contributed by atoms with E-state index in [0.29, 0.717) is 22.7 Å². The number of carbonyl (C=O) groups excluding carboxylic acids is 1. The quantitative estimate of drug-likeness (QED) is 0.342. The molecule has 1 aliphatic rings. The lowest BCUT2D eigenvalue weighted by atomic mass is 9.95. The number of nitrogens with zero attached hydrogens (tertiary/aromatic N) is 2. The van der Waals surface area contributed by atoms with E-state index in [1.165, 1.54) is 28.3 Å². The Bertz CT molecular complexity index is 842. The van der Waals surface area contributed by atoms with Gasteiger partial charge in [-0.1, -0.05) is 12.1 Å². The van der Waals surface area contributed by atoms with E-state index < -0.39 is 4.92 Å². The number of non-ortho nitro benzene ring substituents is 1. The molecule has 7 heteroatoms. The van der Waals surface area contributed by atoms with E-state index in [1.54, 1.807) is 25.3 Å². The van der Waals surface area contributed by atoms with Crippen LogP contribution in [0.25, 0.3) is 0 Å². The Hall–Kier alpha value is -2.54. The molecule has 0 spiro atoms. The van der Waals surface area contributed by atoms with E-state index >= 15 is 0 Å². The third-order valence-corrected chi connectivity index (χ3v) is 5.24. The molecule has 0 saturated carbocycles. The van der Waals surface area contributed by atoms with Crippen molar-refractivity contribution >= 4 is 34.2 Å². The van der Waals surface area contributed by atoms with E-state index in [-0.39, 0.29) is 11.7 Å². The molecule has 0 fully saturated rings. The summed E-state index contributed by atoms with van der Waals surface area (Å²) in [4.78, 5) is 28.5. The number of nitro benzene ring substituents is 1. The van der Waals surface area contributed by atoms with Crippen molar-refractivity contribution < 1.29 is 14.5 Å². The minimum Gasteiger partial charge on any atom is -0.462 e. The van der Waals surface area contributed by atoms with Gasteiger partial charge in [0.1, 0.15) is 5.00 Å². The molecule has 25 heavy (non-hydrogen) atoms. The number of fused-ring (bicyclic) bond motifs is 1. The Morgan fingerprint density at radius 3 is 2.96 bits per heavy atom. The average molecular weight is 358 g/mol. The number of thiophene rings is 1. The van der Waals surface area contributed by atoms with Crippen molar-refractivity contribution in [3.05, 3.63) is 55.9 Å². The zero-order chi connectivity index (χ0) is 17.8. The zero-order valence-electron chi connectivity index (χ0n) is 13.9. The molecule has 1 aromatic carbocycles. The largest absolute Gasteiger partial charge is 0.462 e. The highest BCUT2D eigenvalue weighted by atomic mass is 32.1. The third-order valence-electron chi connectivity index (χ3n) is 4.04. The highest BCUT2D eigenvalue weighted by molar-refractivity contribution is 7.16. The second-order valence-corrected chi connectivity index (χ2v) is 6.81. The van der Waals surface area contributed by atoms with Crippen LogP contribution in [0.5, 0.6) is 0 Å². The third kappa shape index (κ3) is 3.76. The fraction of sp³-hybridized carbons (Fsp3) is 0.333. The van der Waals surface area contributed by atoms with Crippen LogP contribution in [0.1, 0.15) is 46.1 Å². The summed E-state index contributed by atoms with van der Waals surface area (Å²) >= 11 is 1.51. The van der Waals surface area contributed by atoms with E-state index in [9.17, 15) is 14.9 Å². The van der Waals surface area contributed by atoms with E-state index in [4.69, 9.17) is 4.74 Å². The SMILES string of the molecule is CCOC(=O)c1c(N=Cc2cccc([N+](=O)[O-])c2)sc2c1CCCC2. The molecule has 0 unspecified atom stereocenters. The Balaban J connectivity index is 1.96. The second-order valence-electron chi connectivity index (χ2n) is 5.72. The maximum atomic E-state index is 12.4. The molecule has 0 radical (unpaired) electrons. The number of nitro groups is 1. The van der Waals surface area contributed by atoms with Crippen LogP contribution in [0.4, 0.5) is 10.7 Å². The van der Waals surface area contributed by atoms with Gasteiger partial charge in [-0.05, 0) is 43.7 Å². The number of esters is 1. The number of benzene rings is 1. The maximum absolute atomic E-state index is 12.4. The molecule has 6 nitrogen and oxygen atoms in total. The summed E-state index contributed by atoms with van der Waals surface area (Å²) in [5.74, 6) is -0.340. The molecule has 0 atom stereocenters. The van der Waals surface area contributed by atoms with Crippen LogP contribution in [-0.2, 0) is 17.6 Å². The van der Waals surface area contributed by atoms with E-state index in [1.807, 2.05) is 0 Å². The van der Waals surface area contributed by atoms with Crippen molar-refractivity contribution in [2.24, 2.45) is 4.99 Å². The standard InChI is InChI=1S/C18H18N2O4S/c1-2-24-18(21)16-14-8-3-4-9-15(14)25-17(16)19-11-12-6-5-7-13(10-12)20(22)23/h5-7,10-11H,2-4,8-9H2,1H3. The second kappa shape index (κ2) is 7.57. The van der Waals surface area contributed by atoms with Crippen molar-refractivity contribution in [2.75, 3.05) is 6.61 Å². The van der Waals surface area contributed by atoms with Crippen molar-refractivity contribution in [3.63, 3.8) is 0 Å². The minimum atomic E-state index is -0.439. The summed E-state index contributed by atoms with van der Waals surface area (Å²) in [6.07, 6.45) is 5.56. The summed E-state index contributed by atoms with van der Waals surface area (Å²) in [7, 11) is 0. The number of aryl methyl sites for hydroxylation is 1. The van der Waals surface area contributed by atoms with Gasteiger partial charge in [0.25, 0.3) is 5.69 Å². The molecule has 0 bridgehead atoms. The summed E-state index contributed by atoms with van der Waals surface area (Å²) < 4.78 is 5.20. The molecule has 3 rings (SSSR count). The highest BCUT2D eigenvalue weighted by Crippen LogP contribution is 2.40. The van der Waals surface area contributed by atoms with Gasteiger partial charge in [0.15, 0.2) is 0 Å². The summed E-state index contributed by atoms with van der Waals surface area (Å²) in [6.45, 7) is 2.10. The van der Waals surface area contributed by atoms with Crippen LogP contribution < -0.4 is 0 Å². The molecule has 1 aliphatic carbocycles. The van der Waals surface area contributed by atoms with Crippen molar-refractivity contribution in [3.8, 4) is 0 Å². The normalized spacial score (nSPS) is 13.6. The first-order chi connectivity index (χ1) is 12.1. The number of aliphatic imine (C=N–C) groups is 1. The Morgan fingerprint density at radius 1 is 1.40 bits per heavy atom. The van der Waals surface area contributed by atoms with Crippen molar-refractivity contribution in [1.29, 1.82) is 0 Å². The fourth-order valence-corrected chi connectivity index (χ4v) is 4.13. The van der Waals surface area contributed by atoms with Crippen LogP contribution in [0, 0.1) is 10.1 Å². The average Bonchev–Trinajstić information content (AvgIpc) is 2.99. The minimum absolute atomic E-state index is 0.0139. The van der Waals surface area contributed by atoms with Gasteiger partial charge in [0, 0.05) is 23.2 Å². The predicted octanol–water partition coefficient (Wildman–Crippen LogP) is 4.46. The molecular formula is C18H18N2O4S. The Morgan fingerprint density at radius 2 is 2.20 bits per heavy atom. The first kappa shape index (κ1) is 17.3. The lowest BCUT2D eigenvalue weighted by Crippen LogP contribution is -2.09. The number of ether oxygens (including phenoxy) is 1. The van der Waals surface area contributed by atoms with Gasteiger partial charge in [-0.25, -0.2) is 9.79 Å². The van der Waals surface area contributed by atoms with E-state index in [2.05, 4.69) is 4.99 Å². The van der Waals surface area contributed by atoms with Crippen LogP contribution in [-0.4, -0.2) is 23.7 Å². The van der Waals surface area contributed by atoms with Gasteiger partial charge in [0.05, 0.1) is 17.1 Å². The molecule has 0 amide bonds. The molecule has 1 heterocycles. The van der Waals surface area contributed by atoms with Crippen LogP contribution in [0.3, 0.4) is 0 Å². The zero-order valence-corrected chi connectivity index (χ0v) is 14.7. The molecule has 0 aliphatic heterocycles.